The number of thioether (sulfide) groups is 1. The maximum Gasteiger partial charge on any atom is 0.316 e. The lowest BCUT2D eigenvalue weighted by Crippen LogP contribution is -2.14. The summed E-state index contributed by atoms with van der Waals surface area (Å²) in [5.41, 5.74) is 0.595. The topological polar surface area (TPSA) is 72.0 Å². The lowest BCUT2D eigenvalue weighted by atomic mass is 10.2. The maximum atomic E-state index is 11.5. The minimum absolute atomic E-state index is 0.160. The summed E-state index contributed by atoms with van der Waals surface area (Å²) in [4.78, 5) is 30.0. The predicted molar refractivity (Wildman–Crippen MR) is 80.0 cm³/mol. The van der Waals surface area contributed by atoms with E-state index >= 15 is 0 Å². The summed E-state index contributed by atoms with van der Waals surface area (Å²) >= 11 is 1.20. The molecule has 0 aliphatic heterocycles. The van der Waals surface area contributed by atoms with Gasteiger partial charge in [-0.2, -0.15) is 0 Å². The van der Waals surface area contributed by atoms with Crippen LogP contribution < -0.4 is 5.56 Å². The van der Waals surface area contributed by atoms with Gasteiger partial charge in [0.2, 0.25) is 0 Å². The summed E-state index contributed by atoms with van der Waals surface area (Å²) in [6.45, 7) is 6.47. The maximum absolute atomic E-state index is 11.5. The third kappa shape index (κ3) is 6.75. The van der Waals surface area contributed by atoms with E-state index in [2.05, 4.69) is 16.9 Å². The number of carbonyl (C=O) groups excluding carboxylic acids is 1. The van der Waals surface area contributed by atoms with Gasteiger partial charge >= 0.3 is 5.97 Å². The number of aryl methyl sites for hydroxylation is 1. The number of H-pyrrole nitrogens is 1. The molecule has 112 valence electrons. The highest BCUT2D eigenvalue weighted by Gasteiger charge is 2.08. The quantitative estimate of drug-likeness (QED) is 0.453. The van der Waals surface area contributed by atoms with E-state index < -0.39 is 0 Å². The van der Waals surface area contributed by atoms with Crippen LogP contribution in [0.15, 0.2) is 16.0 Å². The van der Waals surface area contributed by atoms with Gasteiger partial charge in [0.15, 0.2) is 5.16 Å². The van der Waals surface area contributed by atoms with Crippen molar-refractivity contribution < 1.29 is 9.53 Å². The van der Waals surface area contributed by atoms with E-state index in [1.165, 1.54) is 17.8 Å². The van der Waals surface area contributed by atoms with E-state index in [0.717, 1.165) is 25.0 Å². The Morgan fingerprint density at radius 1 is 1.50 bits per heavy atom. The number of nitrogens with one attached hydrogen (secondary N) is 1. The van der Waals surface area contributed by atoms with Crippen LogP contribution in [0.3, 0.4) is 0 Å². The van der Waals surface area contributed by atoms with Gasteiger partial charge in [0, 0.05) is 11.8 Å². The molecule has 20 heavy (non-hydrogen) atoms. The second kappa shape index (κ2) is 8.79. The van der Waals surface area contributed by atoms with E-state index in [0.29, 0.717) is 17.7 Å². The first-order valence-electron chi connectivity index (χ1n) is 6.90. The minimum Gasteiger partial charge on any atom is -0.465 e. The van der Waals surface area contributed by atoms with Crippen LogP contribution in [0, 0.1) is 5.92 Å². The average Bonchev–Trinajstić information content (AvgIpc) is 2.40. The molecule has 0 aromatic carbocycles. The lowest BCUT2D eigenvalue weighted by Gasteiger charge is -2.07. The molecular formula is C14H22N2O3S. The summed E-state index contributed by atoms with van der Waals surface area (Å²) < 4.78 is 5.07. The zero-order valence-electron chi connectivity index (χ0n) is 12.3. The van der Waals surface area contributed by atoms with Crippen molar-refractivity contribution in [3.8, 4) is 0 Å². The molecule has 0 saturated heterocycles. The number of ether oxygens (including phenoxy) is 1. The lowest BCUT2D eigenvalue weighted by molar-refractivity contribution is -0.141. The molecule has 1 heterocycles. The van der Waals surface area contributed by atoms with Crippen LogP contribution in [0.4, 0.5) is 0 Å². The highest BCUT2D eigenvalue weighted by molar-refractivity contribution is 7.99. The van der Waals surface area contributed by atoms with Crippen molar-refractivity contribution in [2.75, 3.05) is 12.4 Å². The Kier molecular flexibility index (Phi) is 7.36. The van der Waals surface area contributed by atoms with E-state index in [-0.39, 0.29) is 17.3 Å². The van der Waals surface area contributed by atoms with Crippen molar-refractivity contribution in [1.29, 1.82) is 0 Å². The Balaban J connectivity index is 2.52. The summed E-state index contributed by atoms with van der Waals surface area (Å²) in [7, 11) is 0. The molecule has 5 nitrogen and oxygen atoms in total. The second-order valence-electron chi connectivity index (χ2n) is 5.01. The zero-order valence-corrected chi connectivity index (χ0v) is 13.1. The standard InChI is InChI=1S/C14H22N2O3S/c1-4-5-6-11-7-12(17)16-14(15-11)20-9-13(18)19-8-10(2)3/h7,10H,4-6,8-9H2,1-3H3,(H,15,16,17). The number of aromatic amines is 1. The zero-order chi connectivity index (χ0) is 15.0. The molecule has 0 atom stereocenters. The molecule has 0 aliphatic carbocycles. The number of esters is 1. The molecule has 6 heteroatoms. The van der Waals surface area contributed by atoms with Crippen LogP contribution in [-0.4, -0.2) is 28.3 Å². The van der Waals surface area contributed by atoms with E-state index in [4.69, 9.17) is 4.74 Å². The first-order valence-corrected chi connectivity index (χ1v) is 7.88. The van der Waals surface area contributed by atoms with E-state index in [9.17, 15) is 9.59 Å². The van der Waals surface area contributed by atoms with Gasteiger partial charge in [-0.15, -0.1) is 0 Å². The van der Waals surface area contributed by atoms with Gasteiger partial charge in [0.05, 0.1) is 12.4 Å². The highest BCUT2D eigenvalue weighted by Crippen LogP contribution is 2.12. The van der Waals surface area contributed by atoms with Gasteiger partial charge in [0.1, 0.15) is 0 Å². The molecule has 0 aliphatic rings. The van der Waals surface area contributed by atoms with Crippen LogP contribution in [0.1, 0.15) is 39.3 Å². The number of rotatable bonds is 8. The molecule has 0 saturated carbocycles. The fourth-order valence-corrected chi connectivity index (χ4v) is 2.16. The van der Waals surface area contributed by atoms with Gasteiger partial charge in [-0.3, -0.25) is 9.59 Å². The van der Waals surface area contributed by atoms with Crippen molar-refractivity contribution in [2.24, 2.45) is 5.92 Å². The van der Waals surface area contributed by atoms with Crippen LogP contribution in [0.25, 0.3) is 0 Å². The van der Waals surface area contributed by atoms with Crippen LogP contribution in [-0.2, 0) is 16.0 Å². The number of hydrogen-bond donors (Lipinski definition) is 1. The Morgan fingerprint density at radius 3 is 2.90 bits per heavy atom. The van der Waals surface area contributed by atoms with Crippen LogP contribution in [0.5, 0.6) is 0 Å². The number of carbonyl (C=O) groups is 1. The number of hydrogen-bond acceptors (Lipinski definition) is 5. The fourth-order valence-electron chi connectivity index (χ4n) is 1.47. The number of unbranched alkanes of at least 4 members (excludes halogenated alkanes) is 1. The first kappa shape index (κ1) is 16.8. The normalized spacial score (nSPS) is 10.8. The van der Waals surface area contributed by atoms with Gasteiger partial charge in [-0.25, -0.2) is 4.98 Å². The first-order chi connectivity index (χ1) is 9.51. The third-order valence-electron chi connectivity index (χ3n) is 2.46. The van der Waals surface area contributed by atoms with Gasteiger partial charge in [-0.05, 0) is 18.8 Å². The monoisotopic (exact) mass is 298 g/mol. The van der Waals surface area contributed by atoms with Crippen molar-refractivity contribution in [2.45, 2.75) is 45.2 Å². The SMILES string of the molecule is CCCCc1cc(=O)[nH]c(SCC(=O)OCC(C)C)n1. The second-order valence-corrected chi connectivity index (χ2v) is 5.98. The van der Waals surface area contributed by atoms with E-state index in [1.54, 1.807) is 0 Å². The van der Waals surface area contributed by atoms with Gasteiger partial charge < -0.3 is 9.72 Å². The molecule has 1 rings (SSSR count). The molecule has 1 aromatic rings. The highest BCUT2D eigenvalue weighted by atomic mass is 32.2. The fraction of sp³-hybridized carbons (Fsp3) is 0.643. The number of aromatic nitrogens is 2. The molecule has 0 radical (unpaired) electrons. The molecule has 1 N–H and O–H groups in total. The summed E-state index contributed by atoms with van der Waals surface area (Å²) in [5.74, 6) is 0.192. The van der Waals surface area contributed by atoms with E-state index in [1.807, 2.05) is 13.8 Å². The van der Waals surface area contributed by atoms with Crippen molar-refractivity contribution in [1.82, 2.24) is 9.97 Å². The largest absolute Gasteiger partial charge is 0.465 e. The third-order valence-corrected chi connectivity index (χ3v) is 3.31. The number of nitrogens with zero attached hydrogens (tertiary/aromatic N) is 1. The molecule has 0 fully saturated rings. The van der Waals surface area contributed by atoms with Gasteiger partial charge in [-0.1, -0.05) is 39.0 Å². The molecule has 1 aromatic heterocycles. The van der Waals surface area contributed by atoms with Crippen molar-refractivity contribution in [3.05, 3.63) is 22.1 Å². The van der Waals surface area contributed by atoms with Crippen LogP contribution in [0.2, 0.25) is 0 Å². The Bertz CT molecular complexity index is 486. The average molecular weight is 298 g/mol. The molecule has 0 spiro atoms. The molecule has 0 amide bonds. The van der Waals surface area contributed by atoms with Gasteiger partial charge in [0.25, 0.3) is 5.56 Å². The smallest absolute Gasteiger partial charge is 0.316 e. The minimum atomic E-state index is -0.287. The van der Waals surface area contributed by atoms with Crippen molar-refractivity contribution >= 4 is 17.7 Å². The Morgan fingerprint density at radius 2 is 2.25 bits per heavy atom. The molecule has 0 unspecified atom stereocenters. The Hall–Kier alpha value is -1.30. The predicted octanol–water partition coefficient (Wildman–Crippen LogP) is 2.40. The Labute approximate surface area is 123 Å². The molecular weight excluding hydrogens is 276 g/mol. The van der Waals surface area contributed by atoms with Crippen LogP contribution >= 0.6 is 11.8 Å². The molecule has 0 bridgehead atoms. The summed E-state index contributed by atoms with van der Waals surface area (Å²) in [5, 5.41) is 0.477. The van der Waals surface area contributed by atoms with Crippen molar-refractivity contribution in [3.63, 3.8) is 0 Å². The summed E-state index contributed by atoms with van der Waals surface area (Å²) in [6, 6.07) is 1.51. The summed E-state index contributed by atoms with van der Waals surface area (Å²) in [6.07, 6.45) is 2.83.